The van der Waals surface area contributed by atoms with Gasteiger partial charge < -0.3 is 20.1 Å². The Labute approximate surface area is 121 Å². The average Bonchev–Trinajstić information content (AvgIpc) is 2.43. The molecule has 5 nitrogen and oxygen atoms in total. The first-order chi connectivity index (χ1) is 10.0. The molecular weight excluding hydrogens is 272 g/mol. The van der Waals surface area contributed by atoms with E-state index in [-0.39, 0.29) is 41.0 Å². The first-order valence-corrected chi connectivity index (χ1v) is 6.55. The lowest BCUT2D eigenvalue weighted by atomic mass is 9.89. The number of Topliss-reactive ketones (excluding diaryl/α,β-unsaturated/α-hetero) is 1. The minimum Gasteiger partial charge on any atom is -0.508 e. The van der Waals surface area contributed by atoms with Gasteiger partial charge in [0.15, 0.2) is 5.78 Å². The summed E-state index contributed by atoms with van der Waals surface area (Å²) in [4.78, 5) is 12.4. The van der Waals surface area contributed by atoms with Crippen LogP contribution in [-0.4, -0.2) is 27.7 Å². The van der Waals surface area contributed by atoms with Crippen molar-refractivity contribution >= 4 is 5.78 Å². The van der Waals surface area contributed by atoms with Gasteiger partial charge in [0, 0.05) is 12.1 Å². The van der Waals surface area contributed by atoms with Gasteiger partial charge in [0.1, 0.15) is 28.6 Å². The molecule has 1 aliphatic heterocycles. The van der Waals surface area contributed by atoms with Crippen LogP contribution in [0.25, 0.3) is 0 Å². The molecule has 0 spiro atoms. The van der Waals surface area contributed by atoms with Gasteiger partial charge in [-0.1, -0.05) is 12.1 Å². The Hall–Kier alpha value is -2.69. The number of hydrogen-bond acceptors (Lipinski definition) is 5. The van der Waals surface area contributed by atoms with Crippen molar-refractivity contribution in [3.8, 4) is 23.0 Å². The second-order valence-electron chi connectivity index (χ2n) is 5.08. The highest BCUT2D eigenvalue weighted by Gasteiger charge is 2.32. The number of phenols is 3. The topological polar surface area (TPSA) is 87.0 Å². The van der Waals surface area contributed by atoms with Crippen molar-refractivity contribution in [1.82, 2.24) is 0 Å². The molecule has 0 saturated heterocycles. The van der Waals surface area contributed by atoms with Crippen molar-refractivity contribution in [3.05, 3.63) is 47.5 Å². The minimum absolute atomic E-state index is 0.114. The standard InChI is InChI=1S/C16H14O5/c17-11-3-1-9(2-4-11)5-10-8-21-14-7-12(18)6-13(19)15(14)16(10)20/h1-4,6-7,10,17-19H,5,8H2/t10-/m0/s1. The van der Waals surface area contributed by atoms with Gasteiger partial charge in [0.2, 0.25) is 0 Å². The molecule has 2 aromatic carbocycles. The zero-order valence-electron chi connectivity index (χ0n) is 11.1. The Kier molecular flexibility index (Phi) is 3.17. The lowest BCUT2D eigenvalue weighted by molar-refractivity contribution is 0.0826. The zero-order valence-corrected chi connectivity index (χ0v) is 11.1. The van der Waals surface area contributed by atoms with Crippen LogP contribution in [-0.2, 0) is 6.42 Å². The third-order valence-corrected chi connectivity index (χ3v) is 3.54. The van der Waals surface area contributed by atoms with E-state index in [0.717, 1.165) is 11.6 Å². The molecule has 5 heteroatoms. The number of phenolic OH excluding ortho intramolecular Hbond substituents is 3. The summed E-state index contributed by atoms with van der Waals surface area (Å²) in [5, 5.41) is 28.5. The molecule has 0 fully saturated rings. The van der Waals surface area contributed by atoms with Crippen LogP contribution in [0.3, 0.4) is 0 Å². The molecule has 3 rings (SSSR count). The molecule has 2 aromatic rings. The van der Waals surface area contributed by atoms with E-state index in [1.54, 1.807) is 24.3 Å². The summed E-state index contributed by atoms with van der Waals surface area (Å²) in [6.07, 6.45) is 0.457. The summed E-state index contributed by atoms with van der Waals surface area (Å²) in [6.45, 7) is 0.190. The van der Waals surface area contributed by atoms with Crippen molar-refractivity contribution in [3.63, 3.8) is 0 Å². The SMILES string of the molecule is O=C1c2c(O)cc(O)cc2OC[C@@H]1Cc1ccc(O)cc1. The molecule has 108 valence electrons. The van der Waals surface area contributed by atoms with Gasteiger partial charge in [-0.05, 0) is 24.1 Å². The summed E-state index contributed by atoms with van der Waals surface area (Å²) >= 11 is 0. The highest BCUT2D eigenvalue weighted by atomic mass is 16.5. The molecule has 3 N–H and O–H groups in total. The fraction of sp³-hybridized carbons (Fsp3) is 0.188. The molecule has 0 saturated carbocycles. The largest absolute Gasteiger partial charge is 0.508 e. The summed E-state index contributed by atoms with van der Waals surface area (Å²) in [6, 6.07) is 9.07. The Balaban J connectivity index is 1.87. The Morgan fingerprint density at radius 3 is 2.48 bits per heavy atom. The van der Waals surface area contributed by atoms with Gasteiger partial charge in [-0.3, -0.25) is 4.79 Å². The average molecular weight is 286 g/mol. The highest BCUT2D eigenvalue weighted by molar-refractivity contribution is 6.04. The third kappa shape index (κ3) is 2.50. The summed E-state index contributed by atoms with van der Waals surface area (Å²) in [7, 11) is 0. The molecule has 0 bridgehead atoms. The van der Waals surface area contributed by atoms with Crippen molar-refractivity contribution in [2.24, 2.45) is 5.92 Å². The zero-order chi connectivity index (χ0) is 15.0. The minimum atomic E-state index is -0.405. The van der Waals surface area contributed by atoms with Crippen LogP contribution in [0.4, 0.5) is 0 Å². The maximum Gasteiger partial charge on any atom is 0.177 e. The van der Waals surface area contributed by atoms with Gasteiger partial charge in [-0.2, -0.15) is 0 Å². The van der Waals surface area contributed by atoms with E-state index in [2.05, 4.69) is 0 Å². The molecule has 0 aliphatic carbocycles. The van der Waals surface area contributed by atoms with Gasteiger partial charge >= 0.3 is 0 Å². The number of ether oxygens (including phenoxy) is 1. The first-order valence-electron chi connectivity index (χ1n) is 6.55. The maximum absolute atomic E-state index is 12.4. The fourth-order valence-electron chi connectivity index (χ4n) is 2.49. The van der Waals surface area contributed by atoms with Crippen LogP contribution in [0.15, 0.2) is 36.4 Å². The number of rotatable bonds is 2. The van der Waals surface area contributed by atoms with Crippen molar-refractivity contribution in [1.29, 1.82) is 0 Å². The lowest BCUT2D eigenvalue weighted by Gasteiger charge is -2.24. The third-order valence-electron chi connectivity index (χ3n) is 3.54. The van der Waals surface area contributed by atoms with Crippen LogP contribution < -0.4 is 4.74 Å². The number of benzene rings is 2. The predicted molar refractivity (Wildman–Crippen MR) is 74.9 cm³/mol. The smallest absolute Gasteiger partial charge is 0.177 e. The molecule has 0 unspecified atom stereocenters. The van der Waals surface area contributed by atoms with Gasteiger partial charge in [0.05, 0.1) is 12.5 Å². The molecule has 21 heavy (non-hydrogen) atoms. The number of aromatic hydroxyl groups is 3. The van der Waals surface area contributed by atoms with E-state index in [4.69, 9.17) is 4.74 Å². The summed E-state index contributed by atoms with van der Waals surface area (Å²) in [5.74, 6) is -0.649. The lowest BCUT2D eigenvalue weighted by Crippen LogP contribution is -2.29. The quantitative estimate of drug-likeness (QED) is 0.788. The summed E-state index contributed by atoms with van der Waals surface area (Å²) in [5.41, 5.74) is 1.01. The van der Waals surface area contributed by atoms with Crippen molar-refractivity contribution in [2.45, 2.75) is 6.42 Å². The molecule has 0 aromatic heterocycles. The monoisotopic (exact) mass is 286 g/mol. The Bertz CT molecular complexity index is 691. The van der Waals surface area contributed by atoms with Gasteiger partial charge in [-0.15, -0.1) is 0 Å². The van der Waals surface area contributed by atoms with E-state index in [0.29, 0.717) is 6.42 Å². The number of ketones is 1. The fourth-order valence-corrected chi connectivity index (χ4v) is 2.49. The molecular formula is C16H14O5. The molecule has 1 heterocycles. The Morgan fingerprint density at radius 1 is 1.05 bits per heavy atom. The normalized spacial score (nSPS) is 17.1. The number of carbonyl (C=O) groups is 1. The predicted octanol–water partition coefficient (Wildman–Crippen LogP) is 2.24. The molecule has 1 atom stereocenters. The van der Waals surface area contributed by atoms with E-state index < -0.39 is 5.92 Å². The highest BCUT2D eigenvalue weighted by Crippen LogP contribution is 2.38. The van der Waals surface area contributed by atoms with E-state index in [1.165, 1.54) is 6.07 Å². The van der Waals surface area contributed by atoms with E-state index in [9.17, 15) is 20.1 Å². The maximum atomic E-state index is 12.4. The summed E-state index contributed by atoms with van der Waals surface area (Å²) < 4.78 is 5.47. The van der Waals surface area contributed by atoms with Crippen LogP contribution in [0.5, 0.6) is 23.0 Å². The van der Waals surface area contributed by atoms with Crippen LogP contribution in [0.1, 0.15) is 15.9 Å². The number of hydrogen-bond donors (Lipinski definition) is 3. The first kappa shape index (κ1) is 13.3. The molecule has 1 aliphatic rings. The Morgan fingerprint density at radius 2 is 1.76 bits per heavy atom. The van der Waals surface area contributed by atoms with Crippen LogP contribution in [0, 0.1) is 5.92 Å². The second-order valence-corrected chi connectivity index (χ2v) is 5.08. The van der Waals surface area contributed by atoms with Crippen LogP contribution in [0.2, 0.25) is 0 Å². The second kappa shape index (κ2) is 5.01. The molecule has 0 amide bonds. The molecule has 0 radical (unpaired) electrons. The number of carbonyl (C=O) groups excluding carboxylic acids is 1. The van der Waals surface area contributed by atoms with Gasteiger partial charge in [0.25, 0.3) is 0 Å². The number of fused-ring (bicyclic) bond motifs is 1. The van der Waals surface area contributed by atoms with E-state index >= 15 is 0 Å². The van der Waals surface area contributed by atoms with Crippen molar-refractivity contribution in [2.75, 3.05) is 6.61 Å². The van der Waals surface area contributed by atoms with E-state index in [1.807, 2.05) is 0 Å². The van der Waals surface area contributed by atoms with Crippen molar-refractivity contribution < 1.29 is 24.9 Å². The van der Waals surface area contributed by atoms with Crippen LogP contribution >= 0.6 is 0 Å². The van der Waals surface area contributed by atoms with Gasteiger partial charge in [-0.25, -0.2) is 0 Å².